The molecule has 0 bridgehead atoms. The highest BCUT2D eigenvalue weighted by molar-refractivity contribution is 7.90. The van der Waals surface area contributed by atoms with Crippen LogP contribution in [0.4, 0.5) is 23.2 Å². The maximum atomic E-state index is 15.0. The molecule has 0 aliphatic carbocycles. The summed E-state index contributed by atoms with van der Waals surface area (Å²) in [5.74, 6) is -1.82. The molecule has 1 amide bonds. The molecule has 3 N–H and O–H groups in total. The number of hydrogen-bond acceptors (Lipinski definition) is 6. The Balaban J connectivity index is 1.72. The Morgan fingerprint density at radius 2 is 2.00 bits per heavy atom. The molecule has 4 rings (SSSR count). The van der Waals surface area contributed by atoms with E-state index in [0.29, 0.717) is 0 Å². The first-order chi connectivity index (χ1) is 16.3. The van der Waals surface area contributed by atoms with E-state index in [2.05, 4.69) is 10.3 Å². The number of alkyl halides is 3. The zero-order valence-electron chi connectivity index (χ0n) is 18.7. The minimum absolute atomic E-state index is 0.0238. The van der Waals surface area contributed by atoms with E-state index in [-0.39, 0.29) is 48.0 Å². The number of nitrogens with one attached hydrogen (secondary N) is 1. The average Bonchev–Trinajstić information content (AvgIpc) is 3.23. The second-order valence-corrected chi connectivity index (χ2v) is 10.4. The third-order valence-electron chi connectivity index (χ3n) is 6.25. The summed E-state index contributed by atoms with van der Waals surface area (Å²) in [5, 5.41) is 1.31. The third kappa shape index (κ3) is 4.12. The fourth-order valence-electron chi connectivity index (χ4n) is 4.31. The van der Waals surface area contributed by atoms with Gasteiger partial charge in [0.05, 0.1) is 18.8 Å². The normalized spacial score (nSPS) is 23.5. The second-order valence-electron chi connectivity index (χ2n) is 8.28. The number of hydrogen-bond donors (Lipinski definition) is 2. The van der Waals surface area contributed by atoms with Gasteiger partial charge in [0, 0.05) is 23.9 Å². The number of aryl methyl sites for hydroxylation is 1. The largest absolute Gasteiger partial charge is 0.416 e. The van der Waals surface area contributed by atoms with Gasteiger partial charge in [-0.05, 0) is 48.4 Å². The zero-order valence-corrected chi connectivity index (χ0v) is 19.5. The molecule has 8 nitrogen and oxygen atoms in total. The number of halogens is 4. The van der Waals surface area contributed by atoms with Gasteiger partial charge in [0.15, 0.2) is 0 Å². The van der Waals surface area contributed by atoms with Gasteiger partial charge in [-0.3, -0.25) is 4.79 Å². The summed E-state index contributed by atoms with van der Waals surface area (Å²) in [6.07, 6.45) is -4.39. The Labute approximate surface area is 198 Å². The van der Waals surface area contributed by atoms with Crippen LogP contribution in [0.25, 0.3) is 0 Å². The average molecular weight is 515 g/mol. The molecule has 35 heavy (non-hydrogen) atoms. The van der Waals surface area contributed by atoms with Crippen LogP contribution < -0.4 is 11.1 Å². The number of carbonyl (C=O) groups excluding carboxylic acids is 1. The van der Waals surface area contributed by atoms with Crippen LogP contribution in [-0.4, -0.2) is 50.1 Å². The number of anilines is 1. The highest BCUT2D eigenvalue weighted by atomic mass is 32.2. The number of ether oxygens (including phenoxy) is 1. The Morgan fingerprint density at radius 1 is 1.29 bits per heavy atom. The summed E-state index contributed by atoms with van der Waals surface area (Å²) < 4.78 is 86.2. The molecule has 2 aromatic rings. The number of rotatable bonds is 4. The molecule has 2 aromatic carbocycles. The number of aliphatic imine (C=N–C) groups is 1. The van der Waals surface area contributed by atoms with Crippen LogP contribution in [0, 0.1) is 5.82 Å². The van der Waals surface area contributed by atoms with Gasteiger partial charge in [0.2, 0.25) is 16.0 Å². The molecule has 2 aliphatic rings. The van der Waals surface area contributed by atoms with Crippen LogP contribution >= 0.6 is 0 Å². The van der Waals surface area contributed by atoms with Gasteiger partial charge in [-0.15, -0.1) is 0 Å². The van der Waals surface area contributed by atoms with Crippen LogP contribution in [0.3, 0.4) is 0 Å². The summed E-state index contributed by atoms with van der Waals surface area (Å²) >= 11 is 0. The maximum Gasteiger partial charge on any atom is 0.416 e. The van der Waals surface area contributed by atoms with Crippen molar-refractivity contribution >= 4 is 27.6 Å². The molecular weight excluding hydrogens is 492 g/mol. The minimum Gasteiger partial charge on any atom is -0.377 e. The smallest absolute Gasteiger partial charge is 0.377 e. The summed E-state index contributed by atoms with van der Waals surface area (Å²) in [7, 11) is -2.77. The van der Waals surface area contributed by atoms with Crippen LogP contribution in [0.1, 0.15) is 34.0 Å². The van der Waals surface area contributed by atoms with Crippen LogP contribution in [0.15, 0.2) is 41.4 Å². The van der Waals surface area contributed by atoms with Gasteiger partial charge in [0.25, 0.3) is 5.91 Å². The predicted molar refractivity (Wildman–Crippen MR) is 120 cm³/mol. The van der Waals surface area contributed by atoms with Gasteiger partial charge < -0.3 is 15.8 Å². The van der Waals surface area contributed by atoms with E-state index in [9.17, 15) is 26.4 Å². The highest BCUT2D eigenvalue weighted by Crippen LogP contribution is 2.44. The Kier molecular flexibility index (Phi) is 6.04. The summed E-state index contributed by atoms with van der Waals surface area (Å²) in [5.41, 5.74) is 3.45. The van der Waals surface area contributed by atoms with E-state index >= 15 is 4.39 Å². The van der Waals surface area contributed by atoms with Crippen LogP contribution in [0.5, 0.6) is 0 Å². The van der Waals surface area contributed by atoms with Crippen LogP contribution in [0.2, 0.25) is 0 Å². The molecule has 188 valence electrons. The molecule has 0 radical (unpaired) electrons. The molecule has 0 saturated carbocycles. The number of nitrogens with two attached hydrogens (primary N) is 1. The molecule has 2 heterocycles. The molecule has 2 atom stereocenters. The van der Waals surface area contributed by atoms with Gasteiger partial charge in [-0.2, -0.15) is 13.2 Å². The van der Waals surface area contributed by atoms with Gasteiger partial charge in [-0.1, -0.05) is 6.92 Å². The third-order valence-corrected chi connectivity index (χ3v) is 8.45. The number of amides is 1. The maximum absolute atomic E-state index is 15.0. The molecule has 2 unspecified atom stereocenters. The second kappa shape index (κ2) is 8.48. The first-order valence-corrected chi connectivity index (χ1v) is 12.0. The highest BCUT2D eigenvalue weighted by Gasteiger charge is 2.58. The lowest BCUT2D eigenvalue weighted by Crippen LogP contribution is -2.57. The fraction of sp³-hybridized carbons (Fsp3) is 0.364. The number of benzene rings is 2. The molecule has 1 saturated heterocycles. The first kappa shape index (κ1) is 24.9. The number of nitrogens with zero attached hydrogens (tertiary/aromatic N) is 2. The van der Waals surface area contributed by atoms with Crippen molar-refractivity contribution in [1.29, 1.82) is 0 Å². The molecule has 2 aliphatic heterocycles. The van der Waals surface area contributed by atoms with Crippen molar-refractivity contribution in [3.8, 4) is 0 Å². The molecule has 13 heteroatoms. The van der Waals surface area contributed by atoms with E-state index in [1.165, 1.54) is 19.2 Å². The van der Waals surface area contributed by atoms with Gasteiger partial charge >= 0.3 is 6.18 Å². The van der Waals surface area contributed by atoms with Crippen molar-refractivity contribution in [2.45, 2.75) is 30.3 Å². The van der Waals surface area contributed by atoms with E-state index in [4.69, 9.17) is 10.5 Å². The number of guanidine groups is 1. The Hall–Kier alpha value is -3.19. The lowest BCUT2D eigenvalue weighted by molar-refractivity contribution is -0.137. The number of sulfonamides is 1. The molecular formula is C22H22F4N4O4S. The Morgan fingerprint density at radius 3 is 2.66 bits per heavy atom. The topological polar surface area (TPSA) is 114 Å². The van der Waals surface area contributed by atoms with Gasteiger partial charge in [0.1, 0.15) is 16.6 Å². The lowest BCUT2D eigenvalue weighted by Gasteiger charge is -2.38. The minimum atomic E-state index is -4.55. The summed E-state index contributed by atoms with van der Waals surface area (Å²) in [6.45, 7) is 1.13. The summed E-state index contributed by atoms with van der Waals surface area (Å²) in [6, 6.07) is 6.33. The van der Waals surface area contributed by atoms with Crippen molar-refractivity contribution in [3.63, 3.8) is 0 Å². The fourth-order valence-corrected chi connectivity index (χ4v) is 6.01. The van der Waals surface area contributed by atoms with E-state index in [0.717, 1.165) is 28.6 Å². The van der Waals surface area contributed by atoms with E-state index in [1.54, 1.807) is 6.92 Å². The number of carbonyl (C=O) groups is 1. The van der Waals surface area contributed by atoms with Crippen molar-refractivity contribution in [1.82, 2.24) is 4.31 Å². The monoisotopic (exact) mass is 514 g/mol. The standard InChI is InChI=1S/C22H22F4N4O4S/c1-3-12-8-13(22(24,25)26)4-6-15(12)19(31)28-14-5-7-17(23)16(9-14)21-11-34-10-18(21)35(32,33)30(2)20(27)29-21/h4-9,18H,3,10-11H2,1-2H3,(H2,27,29)(H,28,31). The quantitative estimate of drug-likeness (QED) is 0.610. The van der Waals surface area contributed by atoms with Crippen molar-refractivity contribution in [3.05, 3.63) is 64.5 Å². The predicted octanol–water partition coefficient (Wildman–Crippen LogP) is 2.84. The number of fused-ring (bicyclic) bond motifs is 1. The van der Waals surface area contributed by atoms with Crippen LogP contribution in [-0.2, 0) is 32.9 Å². The van der Waals surface area contributed by atoms with Gasteiger partial charge in [-0.25, -0.2) is 22.1 Å². The Bertz CT molecular complexity index is 1330. The zero-order chi connectivity index (χ0) is 25.8. The first-order valence-electron chi connectivity index (χ1n) is 10.5. The molecule has 0 spiro atoms. The molecule has 1 fully saturated rings. The van der Waals surface area contributed by atoms with E-state index in [1.807, 2.05) is 0 Å². The SMILES string of the molecule is CCc1cc(C(F)(F)F)ccc1C(=O)Nc1ccc(F)c(C23COCC2S(=O)(=O)N(C)C(N)=N3)c1. The van der Waals surface area contributed by atoms with Crippen molar-refractivity contribution in [2.75, 3.05) is 25.6 Å². The molecule has 0 aromatic heterocycles. The van der Waals surface area contributed by atoms with E-state index < -0.39 is 44.3 Å². The lowest BCUT2D eigenvalue weighted by atomic mass is 9.88. The van der Waals surface area contributed by atoms with Crippen molar-refractivity contribution < 1.29 is 35.5 Å². The van der Waals surface area contributed by atoms with Crippen molar-refractivity contribution in [2.24, 2.45) is 10.7 Å². The summed E-state index contributed by atoms with van der Waals surface area (Å²) in [4.78, 5) is 17.2.